The number of thiazole rings is 1. The van der Waals surface area contributed by atoms with Crippen LogP contribution in [0.4, 0.5) is 0 Å². The Hall–Kier alpha value is -1.43. The zero-order valence-electron chi connectivity index (χ0n) is 11.0. The molecule has 2 heterocycles. The van der Waals surface area contributed by atoms with Gasteiger partial charge in [0.15, 0.2) is 0 Å². The molecule has 0 aliphatic carbocycles. The molecule has 1 fully saturated rings. The summed E-state index contributed by atoms with van der Waals surface area (Å²) < 4.78 is 0. The first kappa shape index (κ1) is 14.0. The van der Waals surface area contributed by atoms with Crippen LogP contribution in [0.15, 0.2) is 5.38 Å². The predicted octanol–water partition coefficient (Wildman–Crippen LogP) is 1.71. The van der Waals surface area contributed by atoms with Gasteiger partial charge in [-0.3, -0.25) is 9.59 Å². The van der Waals surface area contributed by atoms with Gasteiger partial charge in [0, 0.05) is 24.9 Å². The monoisotopic (exact) mass is 282 g/mol. The molecule has 2 rings (SSSR count). The number of hydrogen-bond donors (Lipinski definition) is 1. The molecule has 1 aliphatic rings. The Labute approximate surface area is 116 Å². The van der Waals surface area contributed by atoms with Crippen LogP contribution < -0.4 is 0 Å². The molecule has 1 amide bonds. The summed E-state index contributed by atoms with van der Waals surface area (Å²) in [5, 5.41) is 11.6. The molecule has 1 aromatic rings. The van der Waals surface area contributed by atoms with E-state index in [1.807, 2.05) is 17.2 Å². The summed E-state index contributed by atoms with van der Waals surface area (Å²) in [5.74, 6) is -0.440. The number of carbonyl (C=O) groups is 2. The Morgan fingerprint density at radius 2 is 2.16 bits per heavy atom. The molecule has 6 heteroatoms. The number of rotatable bonds is 4. The lowest BCUT2D eigenvalue weighted by molar-refractivity contribution is -0.138. The molecule has 0 radical (unpaired) electrons. The van der Waals surface area contributed by atoms with Crippen molar-refractivity contribution < 1.29 is 14.7 Å². The average Bonchev–Trinajstić information content (AvgIpc) is 2.75. The van der Waals surface area contributed by atoms with Crippen LogP contribution in [0.25, 0.3) is 0 Å². The van der Waals surface area contributed by atoms with Crippen LogP contribution in [0.3, 0.4) is 0 Å². The van der Waals surface area contributed by atoms with Crippen molar-refractivity contribution in [2.24, 2.45) is 5.92 Å². The van der Waals surface area contributed by atoms with Crippen molar-refractivity contribution >= 4 is 23.2 Å². The van der Waals surface area contributed by atoms with Gasteiger partial charge in [-0.2, -0.15) is 0 Å². The van der Waals surface area contributed by atoms with Gasteiger partial charge in [-0.25, -0.2) is 4.98 Å². The van der Waals surface area contributed by atoms with E-state index in [1.54, 1.807) is 11.3 Å². The lowest BCUT2D eigenvalue weighted by Crippen LogP contribution is -2.39. The molecular weight excluding hydrogens is 264 g/mol. The molecule has 1 aliphatic heterocycles. The van der Waals surface area contributed by atoms with Crippen molar-refractivity contribution in [2.45, 2.75) is 32.6 Å². The predicted molar refractivity (Wildman–Crippen MR) is 72.1 cm³/mol. The van der Waals surface area contributed by atoms with Crippen LogP contribution >= 0.6 is 11.3 Å². The van der Waals surface area contributed by atoms with Crippen molar-refractivity contribution in [3.05, 3.63) is 16.1 Å². The number of carboxylic acid groups (broad SMARTS) is 1. The topological polar surface area (TPSA) is 70.5 Å². The third kappa shape index (κ3) is 4.02. The van der Waals surface area contributed by atoms with E-state index >= 15 is 0 Å². The number of piperidine rings is 1. The fraction of sp³-hybridized carbons (Fsp3) is 0.615. The van der Waals surface area contributed by atoms with E-state index in [-0.39, 0.29) is 18.2 Å². The molecule has 0 atom stereocenters. The van der Waals surface area contributed by atoms with E-state index in [0.29, 0.717) is 19.5 Å². The molecule has 0 bridgehead atoms. The molecule has 1 saturated heterocycles. The van der Waals surface area contributed by atoms with Crippen molar-refractivity contribution in [1.82, 2.24) is 9.88 Å². The number of likely N-dealkylation sites (tertiary alicyclic amines) is 1. The highest BCUT2D eigenvalue weighted by Crippen LogP contribution is 2.21. The van der Waals surface area contributed by atoms with Gasteiger partial charge in [0.25, 0.3) is 0 Å². The lowest BCUT2D eigenvalue weighted by Gasteiger charge is -2.31. The largest absolute Gasteiger partial charge is 0.481 e. The fourth-order valence-electron chi connectivity index (χ4n) is 2.39. The summed E-state index contributed by atoms with van der Waals surface area (Å²) in [7, 11) is 0. The molecule has 0 spiro atoms. The second-order valence-corrected chi connectivity index (χ2v) is 6.02. The van der Waals surface area contributed by atoms with Gasteiger partial charge in [0.05, 0.1) is 17.1 Å². The molecule has 5 nitrogen and oxygen atoms in total. The van der Waals surface area contributed by atoms with Gasteiger partial charge in [0.2, 0.25) is 5.91 Å². The van der Waals surface area contributed by atoms with Crippen molar-refractivity contribution in [1.29, 1.82) is 0 Å². The maximum absolute atomic E-state index is 12.1. The highest BCUT2D eigenvalue weighted by Gasteiger charge is 2.24. The molecule has 104 valence electrons. The lowest BCUT2D eigenvalue weighted by atomic mass is 9.93. The van der Waals surface area contributed by atoms with Crippen molar-refractivity contribution in [3.8, 4) is 0 Å². The second kappa shape index (κ2) is 6.14. The molecule has 19 heavy (non-hydrogen) atoms. The van der Waals surface area contributed by atoms with Gasteiger partial charge in [-0.15, -0.1) is 11.3 Å². The van der Waals surface area contributed by atoms with Crippen LogP contribution in [0, 0.1) is 12.8 Å². The van der Waals surface area contributed by atoms with Crippen LogP contribution in [0.5, 0.6) is 0 Å². The maximum Gasteiger partial charge on any atom is 0.303 e. The van der Waals surface area contributed by atoms with Gasteiger partial charge in [-0.05, 0) is 25.7 Å². The van der Waals surface area contributed by atoms with E-state index in [0.717, 1.165) is 23.5 Å². The minimum Gasteiger partial charge on any atom is -0.481 e. The van der Waals surface area contributed by atoms with E-state index < -0.39 is 5.97 Å². The number of hydrogen-bond acceptors (Lipinski definition) is 4. The van der Waals surface area contributed by atoms with Crippen molar-refractivity contribution in [2.75, 3.05) is 13.1 Å². The Morgan fingerprint density at radius 1 is 1.47 bits per heavy atom. The third-order valence-corrected chi connectivity index (χ3v) is 4.25. The zero-order chi connectivity index (χ0) is 13.8. The number of carbonyl (C=O) groups excluding carboxylic acids is 1. The van der Waals surface area contributed by atoms with Gasteiger partial charge in [-0.1, -0.05) is 0 Å². The Kier molecular flexibility index (Phi) is 4.52. The van der Waals surface area contributed by atoms with Crippen LogP contribution in [0.1, 0.15) is 30.0 Å². The van der Waals surface area contributed by atoms with E-state index in [2.05, 4.69) is 4.98 Å². The number of nitrogens with zero attached hydrogens (tertiary/aromatic N) is 2. The normalized spacial score (nSPS) is 16.6. The SMILES string of the molecule is Cc1nc(CC(=O)N2CCC(CC(=O)O)CC2)cs1. The first-order valence-corrected chi connectivity index (χ1v) is 7.33. The molecule has 1 N–H and O–H groups in total. The summed E-state index contributed by atoms with van der Waals surface area (Å²) >= 11 is 1.55. The van der Waals surface area contributed by atoms with Gasteiger partial charge >= 0.3 is 5.97 Å². The smallest absolute Gasteiger partial charge is 0.303 e. The summed E-state index contributed by atoms with van der Waals surface area (Å²) in [4.78, 5) is 28.8. The summed E-state index contributed by atoms with van der Waals surface area (Å²) in [6, 6.07) is 0. The van der Waals surface area contributed by atoms with Crippen molar-refractivity contribution in [3.63, 3.8) is 0 Å². The van der Waals surface area contributed by atoms with E-state index in [4.69, 9.17) is 5.11 Å². The molecular formula is C13H18N2O3S. The minimum absolute atomic E-state index is 0.0964. The van der Waals surface area contributed by atoms with Crippen LogP contribution in [-0.4, -0.2) is 40.0 Å². The maximum atomic E-state index is 12.1. The summed E-state index contributed by atoms with van der Waals surface area (Å²) in [5.41, 5.74) is 0.833. The number of aromatic nitrogens is 1. The third-order valence-electron chi connectivity index (χ3n) is 3.43. The van der Waals surface area contributed by atoms with Gasteiger partial charge < -0.3 is 10.0 Å². The van der Waals surface area contributed by atoms with E-state index in [1.165, 1.54) is 0 Å². The Morgan fingerprint density at radius 3 is 2.68 bits per heavy atom. The molecule has 1 aromatic heterocycles. The quantitative estimate of drug-likeness (QED) is 0.912. The Bertz CT molecular complexity index is 464. The molecule has 0 aromatic carbocycles. The summed E-state index contributed by atoms with van der Waals surface area (Å²) in [6.45, 7) is 3.26. The number of carboxylic acids is 1. The highest BCUT2D eigenvalue weighted by molar-refractivity contribution is 7.09. The number of aliphatic carboxylic acids is 1. The molecule has 0 unspecified atom stereocenters. The fourth-order valence-corrected chi connectivity index (χ4v) is 3.00. The number of aryl methyl sites for hydroxylation is 1. The standard InChI is InChI=1S/C13H18N2O3S/c1-9-14-11(8-19-9)7-12(16)15-4-2-10(3-5-15)6-13(17)18/h8,10H,2-7H2,1H3,(H,17,18). The average molecular weight is 282 g/mol. The summed E-state index contributed by atoms with van der Waals surface area (Å²) in [6.07, 6.45) is 2.14. The van der Waals surface area contributed by atoms with E-state index in [9.17, 15) is 9.59 Å². The van der Waals surface area contributed by atoms with Crippen LogP contribution in [-0.2, 0) is 16.0 Å². The Balaban J connectivity index is 1.80. The highest BCUT2D eigenvalue weighted by atomic mass is 32.1. The van der Waals surface area contributed by atoms with Gasteiger partial charge in [0.1, 0.15) is 0 Å². The second-order valence-electron chi connectivity index (χ2n) is 4.96. The minimum atomic E-state index is -0.747. The zero-order valence-corrected chi connectivity index (χ0v) is 11.8. The number of amides is 1. The first-order valence-electron chi connectivity index (χ1n) is 6.45. The molecule has 0 saturated carbocycles. The first-order chi connectivity index (χ1) is 9.04. The van der Waals surface area contributed by atoms with Crippen LogP contribution in [0.2, 0.25) is 0 Å².